The first-order valence-corrected chi connectivity index (χ1v) is 10.2. The van der Waals surface area contributed by atoms with Gasteiger partial charge in [0.15, 0.2) is 5.11 Å². The average molecular weight is 561 g/mol. The highest BCUT2D eigenvalue weighted by molar-refractivity contribution is 9.10. The Morgan fingerprint density at radius 3 is 2.23 bits per heavy atom. The van der Waals surface area contributed by atoms with Gasteiger partial charge in [-0.1, -0.05) is 72.7 Å². The number of hydrogen-bond donors (Lipinski definition) is 3. The van der Waals surface area contributed by atoms with Gasteiger partial charge in [-0.25, -0.2) is 0 Å². The topological polar surface area (TPSA) is 53.2 Å². The number of thiocarbonyl (C=S) groups is 1. The number of carbonyl (C=O) groups excluding carboxylic acids is 1. The summed E-state index contributed by atoms with van der Waals surface area (Å²) in [6, 6.07) is 14.2. The van der Waals surface area contributed by atoms with Crippen LogP contribution in [0.25, 0.3) is 0 Å². The number of hydrogen-bond acceptors (Lipinski definition) is 2. The van der Waals surface area contributed by atoms with Crippen LogP contribution in [0.3, 0.4) is 0 Å². The lowest BCUT2D eigenvalue weighted by Gasteiger charge is -2.27. The van der Waals surface area contributed by atoms with Crippen LogP contribution < -0.4 is 16.0 Å². The highest BCUT2D eigenvalue weighted by Gasteiger charge is 2.34. The van der Waals surface area contributed by atoms with Crippen molar-refractivity contribution < 1.29 is 4.79 Å². The summed E-state index contributed by atoms with van der Waals surface area (Å²) in [6.45, 7) is 0. The van der Waals surface area contributed by atoms with Gasteiger partial charge in [0, 0.05) is 20.2 Å². The zero-order valence-corrected chi connectivity index (χ0v) is 19.2. The zero-order valence-electron chi connectivity index (χ0n) is 12.9. The van der Waals surface area contributed by atoms with Gasteiger partial charge in [-0.15, -0.1) is 0 Å². The number of amides is 1. The Morgan fingerprint density at radius 2 is 1.65 bits per heavy atom. The van der Waals surface area contributed by atoms with Crippen molar-refractivity contribution in [1.29, 1.82) is 0 Å². The van der Waals surface area contributed by atoms with Crippen molar-refractivity contribution >= 4 is 95.6 Å². The molecule has 4 nitrogen and oxygen atoms in total. The molecule has 10 heteroatoms. The van der Waals surface area contributed by atoms with Crippen LogP contribution >= 0.6 is 78.9 Å². The fraction of sp³-hybridized carbons (Fsp3) is 0.125. The van der Waals surface area contributed by atoms with Gasteiger partial charge in [-0.2, -0.15) is 0 Å². The van der Waals surface area contributed by atoms with Crippen LogP contribution in [0.1, 0.15) is 10.4 Å². The van der Waals surface area contributed by atoms with E-state index in [1.807, 2.05) is 24.3 Å². The predicted molar refractivity (Wildman–Crippen MR) is 119 cm³/mol. The molecule has 2 rings (SSSR count). The molecule has 0 aromatic heterocycles. The minimum atomic E-state index is -1.83. The first-order chi connectivity index (χ1) is 12.1. The normalized spacial score (nSPS) is 12.2. The van der Waals surface area contributed by atoms with Crippen LogP contribution in [-0.2, 0) is 0 Å². The smallest absolute Gasteiger partial charge is 0.253 e. The molecule has 0 heterocycles. The lowest BCUT2D eigenvalue weighted by atomic mass is 10.2. The molecule has 2 aromatic carbocycles. The summed E-state index contributed by atoms with van der Waals surface area (Å²) < 4.78 is -0.133. The molecule has 0 aliphatic rings. The maximum absolute atomic E-state index is 12.4. The number of carbonyl (C=O) groups is 1. The zero-order chi connectivity index (χ0) is 19.3. The molecule has 3 N–H and O–H groups in total. The van der Waals surface area contributed by atoms with Crippen LogP contribution in [0.2, 0.25) is 0 Å². The summed E-state index contributed by atoms with van der Waals surface area (Å²) in [7, 11) is 0. The first-order valence-electron chi connectivity index (χ1n) is 7.11. The minimum absolute atomic E-state index is 0.193. The van der Waals surface area contributed by atoms with Crippen molar-refractivity contribution in [2.75, 3.05) is 5.32 Å². The van der Waals surface area contributed by atoms with Crippen molar-refractivity contribution in [2.45, 2.75) is 9.96 Å². The summed E-state index contributed by atoms with van der Waals surface area (Å²) in [5.41, 5.74) is 1.15. The van der Waals surface area contributed by atoms with E-state index in [0.29, 0.717) is 5.56 Å². The molecule has 0 unspecified atom stereocenters. The van der Waals surface area contributed by atoms with E-state index < -0.39 is 15.9 Å². The maximum atomic E-state index is 12.4. The van der Waals surface area contributed by atoms with Crippen LogP contribution in [0.4, 0.5) is 5.69 Å². The summed E-state index contributed by atoms with van der Waals surface area (Å²) in [5.74, 6) is -0.415. The van der Waals surface area contributed by atoms with Gasteiger partial charge >= 0.3 is 0 Å². The molecule has 0 aliphatic heterocycles. The van der Waals surface area contributed by atoms with Crippen LogP contribution in [-0.4, -0.2) is 21.0 Å². The fourth-order valence-electron chi connectivity index (χ4n) is 1.88. The number of nitrogens with one attached hydrogen (secondary N) is 3. The summed E-state index contributed by atoms with van der Waals surface area (Å²) in [4.78, 5) is 12.4. The van der Waals surface area contributed by atoms with Gasteiger partial charge in [0.25, 0.3) is 5.91 Å². The predicted octanol–water partition coefficient (Wildman–Crippen LogP) is 5.62. The summed E-state index contributed by atoms with van der Waals surface area (Å²) in [6.07, 6.45) is -1.05. The van der Waals surface area contributed by atoms with E-state index >= 15 is 0 Å². The van der Waals surface area contributed by atoms with Gasteiger partial charge in [0.1, 0.15) is 6.17 Å². The quantitative estimate of drug-likeness (QED) is 0.258. The fourth-order valence-corrected chi connectivity index (χ4v) is 3.10. The number of halogens is 5. The van der Waals surface area contributed by atoms with E-state index in [1.54, 1.807) is 24.3 Å². The molecular formula is C16H12Br2Cl3N3OS. The van der Waals surface area contributed by atoms with Crippen molar-refractivity contribution in [3.8, 4) is 0 Å². The highest BCUT2D eigenvalue weighted by Crippen LogP contribution is 2.29. The SMILES string of the molecule is O=C(N[C@H](NC(=S)Nc1ccc(Br)cc1)C(Cl)(Cl)Cl)c1cccc(Br)c1. The van der Waals surface area contributed by atoms with Gasteiger partial charge in [0.05, 0.1) is 0 Å². The molecule has 2 aromatic rings. The monoisotopic (exact) mass is 557 g/mol. The van der Waals surface area contributed by atoms with Crippen molar-refractivity contribution in [3.63, 3.8) is 0 Å². The third-order valence-electron chi connectivity index (χ3n) is 3.07. The van der Waals surface area contributed by atoms with E-state index in [0.717, 1.165) is 14.6 Å². The second kappa shape index (κ2) is 9.57. The van der Waals surface area contributed by atoms with Crippen LogP contribution in [0, 0.1) is 0 Å². The Kier molecular flexibility index (Phi) is 8.00. The average Bonchev–Trinajstić information content (AvgIpc) is 2.55. The van der Waals surface area contributed by atoms with Gasteiger partial charge in [-0.3, -0.25) is 4.79 Å². The Bertz CT molecular complexity index is 800. The number of benzene rings is 2. The van der Waals surface area contributed by atoms with Crippen LogP contribution in [0.5, 0.6) is 0 Å². The lowest BCUT2D eigenvalue weighted by Crippen LogP contribution is -2.56. The van der Waals surface area contributed by atoms with Crippen molar-refractivity contribution in [3.05, 3.63) is 63.0 Å². The molecule has 26 heavy (non-hydrogen) atoms. The molecule has 0 radical (unpaired) electrons. The molecular weight excluding hydrogens is 548 g/mol. The van der Waals surface area contributed by atoms with Gasteiger partial charge in [0.2, 0.25) is 3.79 Å². The molecule has 0 aliphatic carbocycles. The second-order valence-corrected chi connectivity index (χ2v) is 9.67. The maximum Gasteiger partial charge on any atom is 0.253 e. The van der Waals surface area contributed by atoms with Gasteiger partial charge < -0.3 is 16.0 Å². The largest absolute Gasteiger partial charge is 0.339 e. The summed E-state index contributed by atoms with van der Waals surface area (Å²) >= 11 is 29.8. The standard InChI is InChI=1S/C16H12Br2Cl3N3OS/c17-10-4-6-12(7-5-10)22-15(26)24-14(16(19,20)21)23-13(25)9-2-1-3-11(18)8-9/h1-8,14H,(H,23,25)(H2,22,24,26)/t14-/m1/s1. The van der Waals surface area contributed by atoms with E-state index in [4.69, 9.17) is 47.0 Å². The third-order valence-corrected chi connectivity index (χ3v) is 4.96. The Hall–Kier alpha value is -0.570. The number of rotatable bonds is 4. The van der Waals surface area contributed by atoms with E-state index in [9.17, 15) is 4.79 Å². The van der Waals surface area contributed by atoms with E-state index in [1.165, 1.54) is 0 Å². The first kappa shape index (κ1) is 21.7. The Morgan fingerprint density at radius 1 is 1.00 bits per heavy atom. The second-order valence-electron chi connectivity index (χ2n) is 5.06. The number of alkyl halides is 3. The minimum Gasteiger partial charge on any atom is -0.339 e. The van der Waals surface area contributed by atoms with Crippen LogP contribution in [0.15, 0.2) is 57.5 Å². The van der Waals surface area contributed by atoms with E-state index in [-0.39, 0.29) is 5.11 Å². The highest BCUT2D eigenvalue weighted by atomic mass is 79.9. The van der Waals surface area contributed by atoms with Crippen molar-refractivity contribution in [1.82, 2.24) is 10.6 Å². The molecule has 0 saturated carbocycles. The Balaban J connectivity index is 2.06. The third kappa shape index (κ3) is 6.87. The van der Waals surface area contributed by atoms with Gasteiger partial charge in [-0.05, 0) is 54.7 Å². The van der Waals surface area contributed by atoms with Crippen molar-refractivity contribution in [2.24, 2.45) is 0 Å². The molecule has 138 valence electrons. The molecule has 1 amide bonds. The summed E-state index contributed by atoms with van der Waals surface area (Å²) in [5, 5.41) is 8.58. The Labute approximate surface area is 188 Å². The van der Waals surface area contributed by atoms with E-state index in [2.05, 4.69) is 47.8 Å². The lowest BCUT2D eigenvalue weighted by molar-refractivity contribution is 0.0934. The molecule has 1 atom stereocenters. The molecule has 0 spiro atoms. The molecule has 0 bridgehead atoms. The molecule has 0 saturated heterocycles. The number of anilines is 1. The molecule has 0 fully saturated rings.